The number of hydrogen-bond acceptors (Lipinski definition) is 4. The molecule has 0 N–H and O–H groups in total. The predicted molar refractivity (Wildman–Crippen MR) is 49.8 cm³/mol. The van der Waals surface area contributed by atoms with Crippen molar-refractivity contribution in [3.63, 3.8) is 0 Å². The molecule has 16 heavy (non-hydrogen) atoms. The molecule has 1 aliphatic rings. The Labute approximate surface area is 91.9 Å². The average molecular weight is 236 g/mol. The largest absolute Gasteiger partial charge is 0.468 e. The molecular formula is C10H14F2O4. The van der Waals surface area contributed by atoms with Crippen LogP contribution in [-0.4, -0.2) is 32.1 Å². The Bertz CT molecular complexity index is 275. The van der Waals surface area contributed by atoms with Crippen molar-refractivity contribution in [1.82, 2.24) is 0 Å². The molecule has 4 nitrogen and oxygen atoms in total. The minimum atomic E-state index is -2.80. The maximum atomic E-state index is 13.0. The number of alkyl halides is 2. The second-order valence-corrected chi connectivity index (χ2v) is 3.88. The van der Waals surface area contributed by atoms with Crippen LogP contribution < -0.4 is 0 Å². The van der Waals surface area contributed by atoms with Crippen LogP contribution in [0.3, 0.4) is 0 Å². The fourth-order valence-corrected chi connectivity index (χ4v) is 2.00. The van der Waals surface area contributed by atoms with E-state index in [1.807, 2.05) is 0 Å². The number of halogens is 2. The number of carbonyl (C=O) groups excluding carboxylic acids is 2. The van der Waals surface area contributed by atoms with Crippen molar-refractivity contribution in [2.75, 3.05) is 14.2 Å². The van der Waals surface area contributed by atoms with Gasteiger partial charge in [-0.1, -0.05) is 0 Å². The normalized spacial score (nSPS) is 23.2. The van der Waals surface area contributed by atoms with Gasteiger partial charge in [0.1, 0.15) is 0 Å². The molecule has 0 bridgehead atoms. The van der Waals surface area contributed by atoms with Crippen LogP contribution in [0.25, 0.3) is 0 Å². The molecule has 1 fully saturated rings. The summed E-state index contributed by atoms with van der Waals surface area (Å²) in [6.45, 7) is 0. The van der Waals surface area contributed by atoms with E-state index in [4.69, 9.17) is 0 Å². The highest BCUT2D eigenvalue weighted by Gasteiger charge is 2.48. The van der Waals surface area contributed by atoms with E-state index in [0.29, 0.717) is 0 Å². The van der Waals surface area contributed by atoms with Gasteiger partial charge in [-0.3, -0.25) is 9.59 Å². The monoisotopic (exact) mass is 236 g/mol. The van der Waals surface area contributed by atoms with Gasteiger partial charge in [0.05, 0.1) is 14.2 Å². The molecule has 0 aromatic carbocycles. The molecule has 0 aromatic rings. The van der Waals surface area contributed by atoms with Crippen LogP contribution in [-0.2, 0) is 19.1 Å². The first-order valence-electron chi connectivity index (χ1n) is 4.95. The second kappa shape index (κ2) is 4.76. The Kier molecular flexibility index (Phi) is 3.83. The number of carbonyl (C=O) groups is 2. The van der Waals surface area contributed by atoms with Crippen LogP contribution in [0.4, 0.5) is 8.78 Å². The van der Waals surface area contributed by atoms with E-state index in [9.17, 15) is 18.4 Å². The van der Waals surface area contributed by atoms with Gasteiger partial charge in [0, 0.05) is 12.8 Å². The SMILES string of the molecule is COC(=O)C(C(=O)OC)C1CCC(F)(F)C1. The topological polar surface area (TPSA) is 52.6 Å². The van der Waals surface area contributed by atoms with Crippen LogP contribution in [0.15, 0.2) is 0 Å². The zero-order valence-electron chi connectivity index (χ0n) is 9.16. The van der Waals surface area contributed by atoms with Crippen LogP contribution in [0, 0.1) is 11.8 Å². The van der Waals surface area contributed by atoms with Gasteiger partial charge >= 0.3 is 11.9 Å². The van der Waals surface area contributed by atoms with Gasteiger partial charge in [-0.05, 0) is 12.3 Å². The maximum absolute atomic E-state index is 13.0. The zero-order chi connectivity index (χ0) is 12.3. The van der Waals surface area contributed by atoms with Gasteiger partial charge in [0.2, 0.25) is 5.92 Å². The van der Waals surface area contributed by atoms with E-state index in [2.05, 4.69) is 9.47 Å². The van der Waals surface area contributed by atoms with Crippen molar-refractivity contribution in [1.29, 1.82) is 0 Å². The summed E-state index contributed by atoms with van der Waals surface area (Å²) in [5, 5.41) is 0. The van der Waals surface area contributed by atoms with Crippen LogP contribution in [0.5, 0.6) is 0 Å². The lowest BCUT2D eigenvalue weighted by molar-refractivity contribution is -0.161. The van der Waals surface area contributed by atoms with Crippen molar-refractivity contribution in [2.45, 2.75) is 25.2 Å². The summed E-state index contributed by atoms with van der Waals surface area (Å²) < 4.78 is 34.8. The molecule has 0 radical (unpaired) electrons. The van der Waals surface area contributed by atoms with E-state index in [1.54, 1.807) is 0 Å². The van der Waals surface area contributed by atoms with Crippen LogP contribution in [0.1, 0.15) is 19.3 Å². The Morgan fingerprint density at radius 2 is 1.75 bits per heavy atom. The molecule has 0 heterocycles. The smallest absolute Gasteiger partial charge is 0.320 e. The van der Waals surface area contributed by atoms with Gasteiger partial charge in [0.25, 0.3) is 0 Å². The predicted octanol–water partition coefficient (Wildman–Crippen LogP) is 1.38. The fraction of sp³-hybridized carbons (Fsp3) is 0.800. The number of hydrogen-bond donors (Lipinski definition) is 0. The summed E-state index contributed by atoms with van der Waals surface area (Å²) in [6, 6.07) is 0. The summed E-state index contributed by atoms with van der Waals surface area (Å²) in [6.07, 6.45) is -0.647. The molecule has 1 saturated carbocycles. The minimum absolute atomic E-state index is 0.127. The molecule has 0 amide bonds. The molecule has 0 spiro atoms. The lowest BCUT2D eigenvalue weighted by Crippen LogP contribution is -2.33. The second-order valence-electron chi connectivity index (χ2n) is 3.88. The molecule has 6 heteroatoms. The molecule has 0 saturated heterocycles. The number of ether oxygens (including phenoxy) is 2. The molecule has 1 atom stereocenters. The third-order valence-electron chi connectivity index (χ3n) is 2.82. The van der Waals surface area contributed by atoms with E-state index >= 15 is 0 Å². The fourth-order valence-electron chi connectivity index (χ4n) is 2.00. The van der Waals surface area contributed by atoms with Gasteiger partial charge in [0.15, 0.2) is 5.92 Å². The Balaban J connectivity index is 2.78. The van der Waals surface area contributed by atoms with Gasteiger partial charge in [-0.25, -0.2) is 8.78 Å². The zero-order valence-corrected chi connectivity index (χ0v) is 9.16. The van der Waals surface area contributed by atoms with Crippen LogP contribution >= 0.6 is 0 Å². The highest BCUT2D eigenvalue weighted by molar-refractivity contribution is 5.95. The summed E-state index contributed by atoms with van der Waals surface area (Å²) in [4.78, 5) is 22.7. The van der Waals surface area contributed by atoms with Gasteiger partial charge < -0.3 is 9.47 Å². The number of methoxy groups -OCH3 is 2. The Morgan fingerprint density at radius 1 is 1.25 bits per heavy atom. The van der Waals surface area contributed by atoms with E-state index in [-0.39, 0.29) is 12.8 Å². The first-order valence-corrected chi connectivity index (χ1v) is 4.95. The summed E-state index contributed by atoms with van der Waals surface area (Å²) in [5.41, 5.74) is 0. The van der Waals surface area contributed by atoms with E-state index in [0.717, 1.165) is 14.2 Å². The maximum Gasteiger partial charge on any atom is 0.320 e. The summed E-state index contributed by atoms with van der Waals surface area (Å²) in [7, 11) is 2.23. The van der Waals surface area contributed by atoms with Crippen molar-refractivity contribution in [3.05, 3.63) is 0 Å². The average Bonchev–Trinajstić information content (AvgIpc) is 2.58. The van der Waals surface area contributed by atoms with Gasteiger partial charge in [-0.2, -0.15) is 0 Å². The van der Waals surface area contributed by atoms with Crippen molar-refractivity contribution < 1.29 is 27.8 Å². The van der Waals surface area contributed by atoms with E-state index < -0.39 is 36.1 Å². The number of rotatable bonds is 3. The molecule has 0 aromatic heterocycles. The summed E-state index contributed by atoms with van der Waals surface area (Å²) in [5.74, 6) is -6.35. The third kappa shape index (κ3) is 2.68. The molecule has 92 valence electrons. The molecular weight excluding hydrogens is 222 g/mol. The lowest BCUT2D eigenvalue weighted by Gasteiger charge is -2.18. The third-order valence-corrected chi connectivity index (χ3v) is 2.82. The van der Waals surface area contributed by atoms with Crippen molar-refractivity contribution in [3.8, 4) is 0 Å². The molecule has 1 rings (SSSR count). The minimum Gasteiger partial charge on any atom is -0.468 e. The standard InChI is InChI=1S/C10H14F2O4/c1-15-8(13)7(9(14)16-2)6-3-4-10(11,12)5-6/h6-7H,3-5H2,1-2H3. The first kappa shape index (κ1) is 12.9. The van der Waals surface area contributed by atoms with Crippen molar-refractivity contribution in [2.24, 2.45) is 11.8 Å². The van der Waals surface area contributed by atoms with Crippen molar-refractivity contribution >= 4 is 11.9 Å². The first-order chi connectivity index (χ1) is 7.41. The highest BCUT2D eigenvalue weighted by atomic mass is 19.3. The van der Waals surface area contributed by atoms with Crippen LogP contribution in [0.2, 0.25) is 0 Å². The number of esters is 2. The molecule has 1 unspecified atom stereocenters. The molecule has 1 aliphatic carbocycles. The lowest BCUT2D eigenvalue weighted by atomic mass is 9.91. The molecule has 0 aliphatic heterocycles. The van der Waals surface area contributed by atoms with Gasteiger partial charge in [-0.15, -0.1) is 0 Å². The quantitative estimate of drug-likeness (QED) is 0.548. The highest BCUT2D eigenvalue weighted by Crippen LogP contribution is 2.42. The Hall–Kier alpha value is -1.20. The summed E-state index contributed by atoms with van der Waals surface area (Å²) >= 11 is 0. The Morgan fingerprint density at radius 3 is 2.06 bits per heavy atom. The van der Waals surface area contributed by atoms with E-state index in [1.165, 1.54) is 0 Å².